The number of aryl methyl sites for hydroxylation is 1. The first-order valence-electron chi connectivity index (χ1n) is 10.2. The Labute approximate surface area is 168 Å². The van der Waals surface area contributed by atoms with E-state index >= 15 is 0 Å². The topological polar surface area (TPSA) is 38.0 Å². The molecule has 1 atom stereocenters. The predicted molar refractivity (Wildman–Crippen MR) is 116 cm³/mol. The zero-order chi connectivity index (χ0) is 21.1. The monoisotopic (exact) mass is 388 g/mol. The summed E-state index contributed by atoms with van der Waals surface area (Å²) >= 11 is 0. The molecule has 0 heterocycles. The molecule has 2 rings (SSSR count). The highest BCUT2D eigenvalue weighted by Gasteiger charge is 2.30. The lowest BCUT2D eigenvalue weighted by Gasteiger charge is -2.32. The van der Waals surface area contributed by atoms with E-state index in [9.17, 15) is 8.78 Å². The van der Waals surface area contributed by atoms with E-state index in [2.05, 4.69) is 26.1 Å². The lowest BCUT2D eigenvalue weighted by atomic mass is 9.76. The normalized spacial score (nSPS) is 13.0. The summed E-state index contributed by atoms with van der Waals surface area (Å²) in [7, 11) is 0. The van der Waals surface area contributed by atoms with Gasteiger partial charge in [0.05, 0.1) is 0 Å². The molecule has 28 heavy (non-hydrogen) atoms. The number of nitrogens with two attached hydrogens (primary N) is 1. The Morgan fingerprint density at radius 3 is 2.36 bits per heavy atom. The Morgan fingerprint density at radius 1 is 1.07 bits per heavy atom. The molecule has 0 radical (unpaired) electrons. The molecule has 0 spiro atoms. The molecule has 0 aromatic heterocycles. The van der Waals surface area contributed by atoms with E-state index in [1.165, 1.54) is 6.07 Å². The third kappa shape index (κ3) is 5.03. The second-order valence-corrected chi connectivity index (χ2v) is 8.79. The molecule has 0 fully saturated rings. The number of nitrogens with one attached hydrogen (secondary N) is 1. The molecular weight excluding hydrogens is 354 g/mol. The zero-order valence-corrected chi connectivity index (χ0v) is 18.0. The van der Waals surface area contributed by atoms with Crippen LogP contribution in [-0.4, -0.2) is 6.54 Å². The van der Waals surface area contributed by atoms with Crippen molar-refractivity contribution in [2.45, 2.75) is 65.7 Å². The van der Waals surface area contributed by atoms with Crippen molar-refractivity contribution in [2.75, 3.05) is 17.6 Å². The maximum absolute atomic E-state index is 14.9. The first-order valence-corrected chi connectivity index (χ1v) is 10.2. The minimum absolute atomic E-state index is 0.0617. The number of hydrogen-bond acceptors (Lipinski definition) is 2. The Balaban J connectivity index is 2.38. The third-order valence-electron chi connectivity index (χ3n) is 5.62. The molecule has 0 saturated carbocycles. The molecule has 2 aromatic rings. The van der Waals surface area contributed by atoms with Crippen molar-refractivity contribution in [1.82, 2.24) is 0 Å². The minimum atomic E-state index is -0.517. The quantitative estimate of drug-likeness (QED) is 0.497. The summed E-state index contributed by atoms with van der Waals surface area (Å²) in [4.78, 5) is 0. The van der Waals surface area contributed by atoms with E-state index in [-0.39, 0.29) is 11.8 Å². The highest BCUT2D eigenvalue weighted by molar-refractivity contribution is 5.58. The smallest absolute Gasteiger partial charge is 0.130 e. The molecule has 0 aliphatic carbocycles. The molecule has 0 amide bonds. The van der Waals surface area contributed by atoms with Crippen LogP contribution in [0.15, 0.2) is 30.3 Å². The van der Waals surface area contributed by atoms with Gasteiger partial charge in [0.15, 0.2) is 0 Å². The number of anilines is 2. The standard InChI is InChI=1S/C24H34F2N2/c1-7-8-17-11-19(27)9-10-22(17)28-14-24(5,6)23-20(16(4)15(2)3)12-18(25)13-21(23)26/h9-13,15-16,28H,7-8,14,27H2,1-6H3. The van der Waals surface area contributed by atoms with E-state index in [1.54, 1.807) is 0 Å². The van der Waals surface area contributed by atoms with Crippen molar-refractivity contribution < 1.29 is 8.78 Å². The summed E-state index contributed by atoms with van der Waals surface area (Å²) in [6, 6.07) is 8.34. The fourth-order valence-corrected chi connectivity index (χ4v) is 3.69. The van der Waals surface area contributed by atoms with Crippen molar-refractivity contribution >= 4 is 11.4 Å². The van der Waals surface area contributed by atoms with Crippen LogP contribution < -0.4 is 11.1 Å². The molecule has 2 nitrogen and oxygen atoms in total. The first-order chi connectivity index (χ1) is 13.1. The SMILES string of the molecule is CCCc1cc(N)ccc1NCC(C)(C)c1c(F)cc(F)cc1C(C)C(C)C. The van der Waals surface area contributed by atoms with E-state index in [4.69, 9.17) is 5.73 Å². The van der Waals surface area contributed by atoms with Gasteiger partial charge >= 0.3 is 0 Å². The Hall–Kier alpha value is -2.10. The first kappa shape index (κ1) is 22.2. The average Bonchev–Trinajstić information content (AvgIpc) is 2.59. The van der Waals surface area contributed by atoms with E-state index in [0.717, 1.165) is 41.4 Å². The average molecular weight is 389 g/mol. The van der Waals surface area contributed by atoms with Crippen molar-refractivity contribution in [3.63, 3.8) is 0 Å². The molecule has 3 N–H and O–H groups in total. The van der Waals surface area contributed by atoms with Crippen LogP contribution in [0.2, 0.25) is 0 Å². The van der Waals surface area contributed by atoms with Crippen LogP contribution in [0, 0.1) is 17.6 Å². The zero-order valence-electron chi connectivity index (χ0n) is 18.0. The fourth-order valence-electron chi connectivity index (χ4n) is 3.69. The molecule has 1 unspecified atom stereocenters. The Morgan fingerprint density at radius 2 is 1.75 bits per heavy atom. The maximum atomic E-state index is 14.9. The molecule has 154 valence electrons. The summed E-state index contributed by atoms with van der Waals surface area (Å²) < 4.78 is 28.9. The van der Waals surface area contributed by atoms with Crippen LogP contribution in [0.1, 0.15) is 70.6 Å². The van der Waals surface area contributed by atoms with Crippen LogP contribution in [0.4, 0.5) is 20.2 Å². The van der Waals surface area contributed by atoms with Crippen molar-refractivity contribution in [1.29, 1.82) is 0 Å². The molecule has 2 aromatic carbocycles. The lowest BCUT2D eigenvalue weighted by molar-refractivity contribution is 0.462. The summed E-state index contributed by atoms with van der Waals surface area (Å²) in [5, 5.41) is 3.49. The van der Waals surface area contributed by atoms with Crippen LogP contribution in [0.3, 0.4) is 0 Å². The number of rotatable bonds is 8. The third-order valence-corrected chi connectivity index (χ3v) is 5.62. The van der Waals surface area contributed by atoms with Gasteiger partial charge < -0.3 is 11.1 Å². The van der Waals surface area contributed by atoms with Gasteiger partial charge in [0, 0.05) is 29.4 Å². The molecule has 0 aliphatic rings. The molecule has 4 heteroatoms. The molecule has 0 aliphatic heterocycles. The number of halogens is 2. The van der Waals surface area contributed by atoms with Crippen molar-refractivity contribution in [3.8, 4) is 0 Å². The van der Waals surface area contributed by atoms with Crippen LogP contribution in [-0.2, 0) is 11.8 Å². The Kier molecular flexibility index (Phi) is 7.08. The van der Waals surface area contributed by atoms with Gasteiger partial charge in [-0.2, -0.15) is 0 Å². The van der Waals surface area contributed by atoms with Gasteiger partial charge in [-0.1, -0.05) is 48.0 Å². The highest BCUT2D eigenvalue weighted by Crippen LogP contribution is 2.37. The lowest BCUT2D eigenvalue weighted by Crippen LogP contribution is -2.31. The maximum Gasteiger partial charge on any atom is 0.130 e. The van der Waals surface area contributed by atoms with Gasteiger partial charge in [-0.25, -0.2) is 8.78 Å². The van der Waals surface area contributed by atoms with E-state index < -0.39 is 17.0 Å². The van der Waals surface area contributed by atoms with Crippen molar-refractivity contribution in [3.05, 3.63) is 58.7 Å². The summed E-state index contributed by atoms with van der Waals surface area (Å²) in [5.41, 5.74) is 9.69. The van der Waals surface area contributed by atoms with E-state index in [0.29, 0.717) is 12.1 Å². The largest absolute Gasteiger partial charge is 0.399 e. The van der Waals surface area contributed by atoms with E-state index in [1.807, 2.05) is 39.0 Å². The number of benzene rings is 2. The van der Waals surface area contributed by atoms with Gasteiger partial charge in [0.25, 0.3) is 0 Å². The number of hydrogen-bond donors (Lipinski definition) is 2. The minimum Gasteiger partial charge on any atom is -0.399 e. The van der Waals surface area contributed by atoms with Gasteiger partial charge in [-0.05, 0) is 59.2 Å². The second kappa shape index (κ2) is 8.93. The predicted octanol–water partition coefficient (Wildman–Crippen LogP) is 6.65. The fraction of sp³-hybridized carbons (Fsp3) is 0.500. The van der Waals surface area contributed by atoms with Gasteiger partial charge in [-0.15, -0.1) is 0 Å². The van der Waals surface area contributed by atoms with Crippen LogP contribution in [0.5, 0.6) is 0 Å². The van der Waals surface area contributed by atoms with Crippen LogP contribution >= 0.6 is 0 Å². The Bertz CT molecular complexity index is 812. The molecule has 0 saturated heterocycles. The molecular formula is C24H34F2N2. The van der Waals surface area contributed by atoms with Gasteiger partial charge in [-0.3, -0.25) is 0 Å². The second-order valence-electron chi connectivity index (χ2n) is 8.79. The van der Waals surface area contributed by atoms with Crippen molar-refractivity contribution in [2.24, 2.45) is 5.92 Å². The van der Waals surface area contributed by atoms with Gasteiger partial charge in [0.2, 0.25) is 0 Å². The summed E-state index contributed by atoms with van der Waals surface area (Å²) in [5.74, 6) is -0.639. The molecule has 0 bridgehead atoms. The van der Waals surface area contributed by atoms with Crippen LogP contribution in [0.25, 0.3) is 0 Å². The summed E-state index contributed by atoms with van der Waals surface area (Å²) in [6.45, 7) is 12.9. The summed E-state index contributed by atoms with van der Waals surface area (Å²) in [6.07, 6.45) is 1.94. The van der Waals surface area contributed by atoms with Gasteiger partial charge in [0.1, 0.15) is 11.6 Å². The number of nitrogen functional groups attached to an aromatic ring is 1. The highest BCUT2D eigenvalue weighted by atomic mass is 19.1.